The number of halogens is 3. The van der Waals surface area contributed by atoms with Crippen molar-refractivity contribution in [2.45, 2.75) is 12.1 Å². The normalized spacial score (nSPS) is 18.4. The fourth-order valence-electron chi connectivity index (χ4n) is 4.61. The van der Waals surface area contributed by atoms with Crippen LogP contribution in [0, 0.1) is 5.82 Å². The van der Waals surface area contributed by atoms with E-state index in [4.69, 9.17) is 21.1 Å². The number of nitrogens with zero attached hydrogens (tertiary/aromatic N) is 3. The standard InChI is InChI=1S/C25H17BrClFN4O2/c1-33-19-8-6-13(26)10-17(19)24-21-22(16-11-14(27)7-9-20(16)34-24)31-25-29-12-30-32(25)23(21)15-4-2-3-5-18(15)28/h2-12,23-24H,1H3,(H,29,30,31). The van der Waals surface area contributed by atoms with Crippen LogP contribution >= 0.6 is 27.5 Å². The predicted molar refractivity (Wildman–Crippen MR) is 131 cm³/mol. The molecule has 0 fully saturated rings. The minimum absolute atomic E-state index is 0.348. The average molecular weight is 540 g/mol. The lowest BCUT2D eigenvalue weighted by Crippen LogP contribution is -2.33. The predicted octanol–water partition coefficient (Wildman–Crippen LogP) is 6.40. The molecule has 1 aromatic heterocycles. The molecule has 0 saturated carbocycles. The van der Waals surface area contributed by atoms with Crippen molar-refractivity contribution in [1.82, 2.24) is 14.8 Å². The lowest BCUT2D eigenvalue weighted by molar-refractivity contribution is 0.217. The van der Waals surface area contributed by atoms with Gasteiger partial charge in [-0.1, -0.05) is 45.7 Å². The Morgan fingerprint density at radius 1 is 1.12 bits per heavy atom. The van der Waals surface area contributed by atoms with Gasteiger partial charge in [-0.2, -0.15) is 10.1 Å². The van der Waals surface area contributed by atoms with Crippen molar-refractivity contribution in [3.63, 3.8) is 0 Å². The van der Waals surface area contributed by atoms with Crippen molar-refractivity contribution < 1.29 is 13.9 Å². The topological polar surface area (TPSA) is 61.2 Å². The first-order valence-electron chi connectivity index (χ1n) is 10.5. The van der Waals surface area contributed by atoms with E-state index in [1.54, 1.807) is 36.1 Å². The van der Waals surface area contributed by atoms with Crippen LogP contribution in [0.15, 0.2) is 77.0 Å². The van der Waals surface area contributed by atoms with Gasteiger partial charge in [-0.05, 0) is 42.5 Å². The molecule has 170 valence electrons. The Labute approximate surface area is 208 Å². The summed E-state index contributed by atoms with van der Waals surface area (Å²) in [7, 11) is 1.61. The molecule has 3 heterocycles. The SMILES string of the molecule is COc1ccc(Br)cc1C1Oc2ccc(Cl)cc2C2=C1C(c1ccccc1F)n1ncnc1N2. The van der Waals surface area contributed by atoms with Gasteiger partial charge in [0.25, 0.3) is 0 Å². The third kappa shape index (κ3) is 3.28. The molecule has 0 spiro atoms. The van der Waals surface area contributed by atoms with Gasteiger partial charge < -0.3 is 14.8 Å². The summed E-state index contributed by atoms with van der Waals surface area (Å²) in [5.74, 6) is 1.44. The second kappa shape index (κ2) is 8.14. The summed E-state index contributed by atoms with van der Waals surface area (Å²) >= 11 is 9.93. The highest BCUT2D eigenvalue weighted by Gasteiger charge is 2.42. The molecule has 2 aliphatic rings. The van der Waals surface area contributed by atoms with Gasteiger partial charge in [0.05, 0.1) is 12.8 Å². The highest BCUT2D eigenvalue weighted by atomic mass is 79.9. The number of aromatic nitrogens is 3. The Morgan fingerprint density at radius 3 is 2.79 bits per heavy atom. The van der Waals surface area contributed by atoms with Crippen LogP contribution in [0.2, 0.25) is 5.02 Å². The molecule has 0 saturated heterocycles. The van der Waals surface area contributed by atoms with E-state index < -0.39 is 12.1 Å². The van der Waals surface area contributed by atoms with Crippen LogP contribution in [0.25, 0.3) is 5.70 Å². The van der Waals surface area contributed by atoms with Gasteiger partial charge in [0.15, 0.2) is 6.10 Å². The molecule has 2 aliphatic heterocycles. The monoisotopic (exact) mass is 538 g/mol. The number of hydrogen-bond acceptors (Lipinski definition) is 5. The maximum absolute atomic E-state index is 15.2. The quantitative estimate of drug-likeness (QED) is 0.326. The van der Waals surface area contributed by atoms with Gasteiger partial charge in [-0.3, -0.25) is 0 Å². The Hall–Kier alpha value is -3.36. The maximum Gasteiger partial charge on any atom is 0.226 e. The first-order chi connectivity index (χ1) is 16.5. The zero-order valence-corrected chi connectivity index (χ0v) is 20.1. The number of fused-ring (bicyclic) bond motifs is 3. The molecule has 0 aliphatic carbocycles. The summed E-state index contributed by atoms with van der Waals surface area (Å²) in [5, 5.41) is 8.38. The lowest BCUT2D eigenvalue weighted by Gasteiger charge is -2.39. The van der Waals surface area contributed by atoms with Crippen LogP contribution in [0.3, 0.4) is 0 Å². The lowest BCUT2D eigenvalue weighted by atomic mass is 9.84. The third-order valence-corrected chi connectivity index (χ3v) is 6.78. The van der Waals surface area contributed by atoms with E-state index in [9.17, 15) is 0 Å². The minimum Gasteiger partial charge on any atom is -0.496 e. The summed E-state index contributed by atoms with van der Waals surface area (Å²) in [6.07, 6.45) is 0.842. The number of anilines is 1. The van der Waals surface area contributed by atoms with Crippen LogP contribution in [0.1, 0.15) is 28.8 Å². The van der Waals surface area contributed by atoms with Crippen LogP contribution in [-0.4, -0.2) is 21.9 Å². The zero-order valence-electron chi connectivity index (χ0n) is 17.8. The second-order valence-electron chi connectivity index (χ2n) is 7.93. The maximum atomic E-state index is 15.2. The average Bonchev–Trinajstić information content (AvgIpc) is 3.31. The van der Waals surface area contributed by atoms with E-state index in [0.29, 0.717) is 28.0 Å². The number of methoxy groups -OCH3 is 1. The number of benzene rings is 3. The number of hydrogen-bond donors (Lipinski definition) is 1. The molecule has 0 bridgehead atoms. The molecular weight excluding hydrogens is 523 g/mol. The summed E-state index contributed by atoms with van der Waals surface area (Å²) in [4.78, 5) is 4.37. The van der Waals surface area contributed by atoms with Gasteiger partial charge in [0.2, 0.25) is 5.95 Å². The Morgan fingerprint density at radius 2 is 1.97 bits per heavy atom. The zero-order chi connectivity index (χ0) is 23.4. The molecule has 2 unspecified atom stereocenters. The summed E-state index contributed by atoms with van der Waals surface area (Å²) in [6.45, 7) is 0. The molecule has 9 heteroatoms. The fourth-order valence-corrected chi connectivity index (χ4v) is 5.16. The van der Waals surface area contributed by atoms with E-state index in [2.05, 4.69) is 31.3 Å². The third-order valence-electron chi connectivity index (χ3n) is 6.05. The van der Waals surface area contributed by atoms with Crippen molar-refractivity contribution in [2.75, 3.05) is 12.4 Å². The molecular formula is C25H17BrClFN4O2. The molecule has 4 aromatic rings. The fraction of sp³-hybridized carbons (Fsp3) is 0.120. The Kier molecular flexibility index (Phi) is 5.08. The van der Waals surface area contributed by atoms with Gasteiger partial charge in [-0.15, -0.1) is 0 Å². The summed E-state index contributed by atoms with van der Waals surface area (Å²) in [6, 6.07) is 17.2. The van der Waals surface area contributed by atoms with Crippen molar-refractivity contribution in [1.29, 1.82) is 0 Å². The van der Waals surface area contributed by atoms with Crippen molar-refractivity contribution in [2.24, 2.45) is 0 Å². The number of ether oxygens (including phenoxy) is 2. The number of nitrogens with one attached hydrogen (secondary N) is 1. The van der Waals surface area contributed by atoms with Gasteiger partial charge in [0, 0.05) is 31.8 Å². The first-order valence-corrected chi connectivity index (χ1v) is 11.7. The van der Waals surface area contributed by atoms with Crippen molar-refractivity contribution in [3.05, 3.63) is 105 Å². The molecule has 6 nitrogen and oxygen atoms in total. The van der Waals surface area contributed by atoms with Gasteiger partial charge in [-0.25, -0.2) is 9.07 Å². The Balaban J connectivity index is 1.68. The summed E-state index contributed by atoms with van der Waals surface area (Å²) in [5.41, 5.74) is 3.54. The van der Waals surface area contributed by atoms with Gasteiger partial charge >= 0.3 is 0 Å². The van der Waals surface area contributed by atoms with Crippen LogP contribution in [0.5, 0.6) is 11.5 Å². The highest BCUT2D eigenvalue weighted by molar-refractivity contribution is 9.10. The number of rotatable bonds is 3. The van der Waals surface area contributed by atoms with Gasteiger partial charge in [0.1, 0.15) is 29.7 Å². The molecule has 3 aromatic carbocycles. The van der Waals surface area contributed by atoms with Crippen LogP contribution < -0.4 is 14.8 Å². The molecule has 0 amide bonds. The van der Waals surface area contributed by atoms with Crippen molar-refractivity contribution >= 4 is 39.2 Å². The largest absolute Gasteiger partial charge is 0.496 e. The highest BCUT2D eigenvalue weighted by Crippen LogP contribution is 2.52. The van der Waals surface area contributed by atoms with Crippen LogP contribution in [0.4, 0.5) is 10.3 Å². The van der Waals surface area contributed by atoms with Crippen molar-refractivity contribution in [3.8, 4) is 11.5 Å². The first kappa shape index (κ1) is 21.2. The van der Waals surface area contributed by atoms with E-state index in [1.807, 2.05) is 30.3 Å². The van der Waals surface area contributed by atoms with E-state index in [0.717, 1.165) is 26.9 Å². The summed E-state index contributed by atoms with van der Waals surface area (Å²) < 4.78 is 30.0. The molecule has 2 atom stereocenters. The van der Waals surface area contributed by atoms with Crippen LogP contribution in [-0.2, 0) is 0 Å². The molecule has 0 radical (unpaired) electrons. The second-order valence-corrected chi connectivity index (χ2v) is 9.28. The smallest absolute Gasteiger partial charge is 0.226 e. The molecule has 6 rings (SSSR count). The minimum atomic E-state index is -0.615. The van der Waals surface area contributed by atoms with E-state index in [-0.39, 0.29) is 5.82 Å². The molecule has 1 N–H and O–H groups in total. The van der Waals surface area contributed by atoms with E-state index >= 15 is 4.39 Å². The van der Waals surface area contributed by atoms with E-state index in [1.165, 1.54) is 12.4 Å². The molecule has 34 heavy (non-hydrogen) atoms. The Bertz CT molecular complexity index is 1470.